The maximum Gasteiger partial charge on any atom is 0.351 e. The second-order valence-electron chi connectivity index (χ2n) is 5.33. The molecule has 1 aliphatic heterocycles. The summed E-state index contributed by atoms with van der Waals surface area (Å²) in [6, 6.07) is 1.35. The van der Waals surface area contributed by atoms with Crippen LogP contribution in [0.4, 0.5) is 10.2 Å². The Hall–Kier alpha value is -1.51. The van der Waals surface area contributed by atoms with Gasteiger partial charge in [-0.15, -0.1) is 0 Å². The summed E-state index contributed by atoms with van der Waals surface area (Å²) in [6.07, 6.45) is -1.81. The molecule has 0 radical (unpaired) electrons. The highest BCUT2D eigenvalue weighted by molar-refractivity contribution is 5.23. The lowest BCUT2D eigenvalue weighted by Gasteiger charge is -2.29. The van der Waals surface area contributed by atoms with Crippen LogP contribution < -0.4 is 11.4 Å². The summed E-state index contributed by atoms with van der Waals surface area (Å²) in [5, 5.41) is 19.6. The summed E-state index contributed by atoms with van der Waals surface area (Å²) in [5.74, 6) is -0.0704. The molecule has 0 aromatic carbocycles. The summed E-state index contributed by atoms with van der Waals surface area (Å²) in [5.41, 5.74) is 3.28. The number of hydrogen-bond acceptors (Lipinski definition) is 6. The van der Waals surface area contributed by atoms with Gasteiger partial charge in [0.25, 0.3) is 0 Å². The summed E-state index contributed by atoms with van der Waals surface area (Å²) in [4.78, 5) is 15.3. The van der Waals surface area contributed by atoms with Crippen LogP contribution in [0.5, 0.6) is 0 Å². The number of hydrogen-bond donors (Lipinski definition) is 3. The van der Waals surface area contributed by atoms with Crippen LogP contribution in [0.2, 0.25) is 0 Å². The largest absolute Gasteiger partial charge is 0.393 e. The molecule has 1 aromatic rings. The zero-order valence-corrected chi connectivity index (χ0v) is 10.6. The van der Waals surface area contributed by atoms with Crippen molar-refractivity contribution in [2.75, 3.05) is 12.3 Å². The van der Waals surface area contributed by atoms with Gasteiger partial charge in [-0.25, -0.2) is 9.18 Å². The molecule has 3 rings (SSSR count). The molecule has 0 unspecified atom stereocenters. The Balaban J connectivity index is 1.97. The molecule has 4 N–H and O–H groups in total. The van der Waals surface area contributed by atoms with Crippen LogP contribution in [-0.4, -0.2) is 44.2 Å². The minimum atomic E-state index is -1.81. The lowest BCUT2D eigenvalue weighted by molar-refractivity contribution is -0.141. The molecule has 110 valence electrons. The fraction of sp³-hybridized carbons (Fsp3) is 0.667. The first-order valence-corrected chi connectivity index (χ1v) is 6.45. The number of nitrogens with two attached hydrogens (primary N) is 1. The number of aliphatic hydroxyl groups excluding tert-OH is 2. The fourth-order valence-electron chi connectivity index (χ4n) is 2.78. The van der Waals surface area contributed by atoms with Crippen LogP contribution in [0.25, 0.3) is 0 Å². The van der Waals surface area contributed by atoms with Crippen molar-refractivity contribution in [1.82, 2.24) is 9.55 Å². The summed E-state index contributed by atoms with van der Waals surface area (Å²) < 4.78 is 20.8. The van der Waals surface area contributed by atoms with E-state index >= 15 is 0 Å². The van der Waals surface area contributed by atoms with Crippen LogP contribution in [0.1, 0.15) is 19.1 Å². The molecular formula is C12H16FN3O4. The van der Waals surface area contributed by atoms with Crippen molar-refractivity contribution in [2.24, 2.45) is 5.92 Å². The summed E-state index contributed by atoms with van der Waals surface area (Å²) >= 11 is 0. The van der Waals surface area contributed by atoms with E-state index in [0.29, 0.717) is 0 Å². The van der Waals surface area contributed by atoms with Gasteiger partial charge in [0.15, 0.2) is 12.4 Å². The molecule has 0 bridgehead atoms. The fourth-order valence-corrected chi connectivity index (χ4v) is 2.78. The number of aliphatic hydroxyl groups is 2. The second kappa shape index (κ2) is 4.51. The van der Waals surface area contributed by atoms with Crippen LogP contribution in [0.3, 0.4) is 0 Å². The normalized spacial score (nSPS) is 37.2. The van der Waals surface area contributed by atoms with Gasteiger partial charge >= 0.3 is 5.69 Å². The van der Waals surface area contributed by atoms with Crippen LogP contribution >= 0.6 is 0 Å². The molecule has 1 saturated carbocycles. The zero-order valence-electron chi connectivity index (χ0n) is 10.6. The summed E-state index contributed by atoms with van der Waals surface area (Å²) in [6.45, 7) is -0.493. The predicted octanol–water partition coefficient (Wildman–Crippen LogP) is -0.806. The van der Waals surface area contributed by atoms with Crippen LogP contribution in [0, 0.1) is 5.92 Å². The zero-order chi connectivity index (χ0) is 14.5. The first-order chi connectivity index (χ1) is 9.49. The van der Waals surface area contributed by atoms with Gasteiger partial charge in [0, 0.05) is 6.20 Å². The van der Waals surface area contributed by atoms with E-state index in [-0.39, 0.29) is 11.7 Å². The molecule has 1 saturated heterocycles. The molecule has 1 aliphatic carbocycles. The van der Waals surface area contributed by atoms with Gasteiger partial charge in [0.2, 0.25) is 0 Å². The molecule has 4 atom stereocenters. The van der Waals surface area contributed by atoms with E-state index in [9.17, 15) is 19.4 Å². The molecule has 8 heteroatoms. The first kappa shape index (κ1) is 13.5. The van der Waals surface area contributed by atoms with Gasteiger partial charge < -0.3 is 20.7 Å². The first-order valence-electron chi connectivity index (χ1n) is 6.45. The van der Waals surface area contributed by atoms with Crippen molar-refractivity contribution < 1.29 is 19.3 Å². The monoisotopic (exact) mass is 285 g/mol. The van der Waals surface area contributed by atoms with E-state index < -0.39 is 36.4 Å². The molecule has 2 heterocycles. The number of alkyl halides is 1. The number of aromatic nitrogens is 2. The standard InChI is InChI=1S/C12H16FN3O4/c13-8-9(18)12(5-17,6-1-2-6)20-10(8)16-4-3-7(14)15-11(16)19/h3-4,6,8-10,17-18H,1-2,5H2,(H2,14,15,19)/t8-,9+,10-,12+/m1/s1. The average molecular weight is 285 g/mol. The van der Waals surface area contributed by atoms with Crippen molar-refractivity contribution in [3.05, 3.63) is 22.7 Å². The van der Waals surface area contributed by atoms with E-state index in [4.69, 9.17) is 10.5 Å². The Bertz CT molecular complexity index is 576. The second-order valence-corrected chi connectivity index (χ2v) is 5.33. The van der Waals surface area contributed by atoms with Crippen LogP contribution in [-0.2, 0) is 4.74 Å². The highest BCUT2D eigenvalue weighted by atomic mass is 19.1. The van der Waals surface area contributed by atoms with Gasteiger partial charge in [0.05, 0.1) is 6.61 Å². The minimum absolute atomic E-state index is 0.0239. The average Bonchev–Trinajstić information content (AvgIpc) is 3.22. The molecule has 20 heavy (non-hydrogen) atoms. The number of rotatable bonds is 3. The van der Waals surface area contributed by atoms with Gasteiger partial charge in [0.1, 0.15) is 17.5 Å². The molecule has 2 fully saturated rings. The predicted molar refractivity (Wildman–Crippen MR) is 66.5 cm³/mol. The lowest BCUT2D eigenvalue weighted by atomic mass is 9.91. The topological polar surface area (TPSA) is 111 Å². The van der Waals surface area contributed by atoms with Crippen molar-refractivity contribution in [2.45, 2.75) is 36.9 Å². The SMILES string of the molecule is Nc1ccn([C@@H]2O[C@@](CO)(C3CC3)[C@@H](O)[C@H]2F)c(=O)n1. The van der Waals surface area contributed by atoms with Gasteiger partial charge in [-0.3, -0.25) is 4.57 Å². The highest BCUT2D eigenvalue weighted by Crippen LogP contribution is 2.51. The van der Waals surface area contributed by atoms with E-state index in [1.54, 1.807) is 0 Å². The van der Waals surface area contributed by atoms with Crippen molar-refractivity contribution in [1.29, 1.82) is 0 Å². The van der Waals surface area contributed by atoms with E-state index in [2.05, 4.69) is 4.98 Å². The number of ether oxygens (including phenoxy) is 1. The number of nitrogens with zero attached hydrogens (tertiary/aromatic N) is 2. The Morgan fingerprint density at radius 1 is 1.60 bits per heavy atom. The third kappa shape index (κ3) is 1.83. The van der Waals surface area contributed by atoms with E-state index in [0.717, 1.165) is 17.4 Å². The quantitative estimate of drug-likeness (QED) is 0.670. The molecule has 2 aliphatic rings. The lowest BCUT2D eigenvalue weighted by Crippen LogP contribution is -2.47. The Morgan fingerprint density at radius 2 is 2.30 bits per heavy atom. The molecule has 0 spiro atoms. The molecule has 0 amide bonds. The van der Waals surface area contributed by atoms with E-state index in [1.807, 2.05) is 0 Å². The van der Waals surface area contributed by atoms with Gasteiger partial charge in [-0.2, -0.15) is 4.98 Å². The maximum atomic E-state index is 14.3. The highest BCUT2D eigenvalue weighted by Gasteiger charge is 2.62. The molecule has 1 aromatic heterocycles. The number of anilines is 1. The Morgan fingerprint density at radius 3 is 2.85 bits per heavy atom. The molecule has 7 nitrogen and oxygen atoms in total. The number of halogens is 1. The van der Waals surface area contributed by atoms with Gasteiger partial charge in [-0.1, -0.05) is 0 Å². The number of nitrogen functional groups attached to an aromatic ring is 1. The Labute approximate surface area is 113 Å². The van der Waals surface area contributed by atoms with E-state index in [1.165, 1.54) is 12.3 Å². The minimum Gasteiger partial charge on any atom is -0.393 e. The summed E-state index contributed by atoms with van der Waals surface area (Å²) in [7, 11) is 0. The van der Waals surface area contributed by atoms with Crippen molar-refractivity contribution >= 4 is 5.82 Å². The third-order valence-electron chi connectivity index (χ3n) is 4.06. The maximum absolute atomic E-state index is 14.3. The Kier molecular flexibility index (Phi) is 3.03. The van der Waals surface area contributed by atoms with Crippen molar-refractivity contribution in [3.8, 4) is 0 Å². The van der Waals surface area contributed by atoms with Crippen molar-refractivity contribution in [3.63, 3.8) is 0 Å². The molecular weight excluding hydrogens is 269 g/mol. The van der Waals surface area contributed by atoms with Gasteiger partial charge in [-0.05, 0) is 24.8 Å². The van der Waals surface area contributed by atoms with Crippen LogP contribution in [0.15, 0.2) is 17.1 Å². The third-order valence-corrected chi connectivity index (χ3v) is 4.06. The smallest absolute Gasteiger partial charge is 0.351 e.